The van der Waals surface area contributed by atoms with Crippen molar-refractivity contribution in [1.82, 2.24) is 9.80 Å². The van der Waals surface area contributed by atoms with Crippen LogP contribution in [0.5, 0.6) is 0 Å². The van der Waals surface area contributed by atoms with Crippen LogP contribution in [-0.2, 0) is 9.59 Å². The highest BCUT2D eigenvalue weighted by Crippen LogP contribution is 2.32. The van der Waals surface area contributed by atoms with E-state index >= 15 is 0 Å². The Morgan fingerprint density at radius 1 is 1.33 bits per heavy atom. The highest BCUT2D eigenvalue weighted by molar-refractivity contribution is 5.82. The van der Waals surface area contributed by atoms with Crippen LogP contribution in [0.4, 0.5) is 0 Å². The Morgan fingerprint density at radius 3 is 2.57 bits per heavy atom. The smallest absolute Gasteiger partial charge is 0.237 e. The topological polar surface area (TPSA) is 86.9 Å². The van der Waals surface area contributed by atoms with Gasteiger partial charge in [-0.05, 0) is 32.7 Å². The summed E-state index contributed by atoms with van der Waals surface area (Å²) in [6.07, 6.45) is 6.26. The van der Waals surface area contributed by atoms with Crippen LogP contribution in [0.15, 0.2) is 0 Å². The molecular weight excluding hydrogens is 270 g/mol. The number of carbonyl (C=O) groups is 2. The number of nitrogens with two attached hydrogens (primary N) is 1. The predicted molar refractivity (Wildman–Crippen MR) is 79.5 cm³/mol. The number of carbonyl (C=O) groups excluding carboxylic acids is 2. The minimum atomic E-state index is -0.778. The van der Waals surface area contributed by atoms with Crippen molar-refractivity contribution < 1.29 is 14.7 Å². The molecule has 3 N–H and O–H groups in total. The summed E-state index contributed by atoms with van der Waals surface area (Å²) < 4.78 is 0. The van der Waals surface area contributed by atoms with Crippen molar-refractivity contribution in [3.8, 4) is 0 Å². The molecule has 0 bridgehead atoms. The van der Waals surface area contributed by atoms with Gasteiger partial charge in [-0.1, -0.05) is 12.8 Å². The average molecular weight is 297 g/mol. The van der Waals surface area contributed by atoms with Gasteiger partial charge in [0.1, 0.15) is 0 Å². The maximum absolute atomic E-state index is 12.6. The van der Waals surface area contributed by atoms with Crippen LogP contribution in [0.3, 0.4) is 0 Å². The second-order valence-electron chi connectivity index (χ2n) is 6.53. The van der Waals surface area contributed by atoms with Gasteiger partial charge in [-0.2, -0.15) is 0 Å². The molecule has 0 aromatic heterocycles. The number of hydrogen-bond donors (Lipinski definition) is 2. The number of amides is 2. The van der Waals surface area contributed by atoms with E-state index in [-0.39, 0.29) is 18.9 Å². The maximum atomic E-state index is 12.6. The summed E-state index contributed by atoms with van der Waals surface area (Å²) in [5, 5.41) is 9.72. The monoisotopic (exact) mass is 297 g/mol. The minimum absolute atomic E-state index is 0.00259. The van der Waals surface area contributed by atoms with Crippen molar-refractivity contribution in [2.45, 2.75) is 56.5 Å². The fourth-order valence-corrected chi connectivity index (χ4v) is 3.83. The number of primary amides is 1. The molecule has 0 aromatic carbocycles. The third-order valence-electron chi connectivity index (χ3n) is 5.03. The van der Waals surface area contributed by atoms with Crippen molar-refractivity contribution in [1.29, 1.82) is 0 Å². The molecule has 0 spiro atoms. The van der Waals surface area contributed by atoms with Gasteiger partial charge in [-0.25, -0.2) is 0 Å². The van der Waals surface area contributed by atoms with E-state index in [4.69, 9.17) is 5.73 Å². The Balaban J connectivity index is 2.00. The SMILES string of the molecule is CN(CC(=O)N1CCC[C@]1(CO)CC(N)=O)C1CCCC1. The van der Waals surface area contributed by atoms with E-state index in [9.17, 15) is 14.7 Å². The van der Waals surface area contributed by atoms with Gasteiger partial charge in [0.05, 0.1) is 25.1 Å². The van der Waals surface area contributed by atoms with Gasteiger partial charge >= 0.3 is 0 Å². The molecule has 1 aliphatic heterocycles. The van der Waals surface area contributed by atoms with E-state index in [1.165, 1.54) is 12.8 Å². The molecule has 2 aliphatic rings. The van der Waals surface area contributed by atoms with E-state index in [1.807, 2.05) is 7.05 Å². The fraction of sp³-hybridized carbons (Fsp3) is 0.867. The van der Waals surface area contributed by atoms with Crippen molar-refractivity contribution in [3.05, 3.63) is 0 Å². The standard InChI is InChI=1S/C15H27N3O3/c1-17(12-5-2-3-6-12)10-14(21)18-8-4-7-15(18,11-19)9-13(16)20/h12,19H,2-11H2,1H3,(H2,16,20)/t15-/m1/s1. The van der Waals surface area contributed by atoms with Crippen LogP contribution in [0.1, 0.15) is 44.9 Å². The lowest BCUT2D eigenvalue weighted by Crippen LogP contribution is -2.54. The quantitative estimate of drug-likeness (QED) is 0.727. The van der Waals surface area contributed by atoms with Crippen LogP contribution in [0.2, 0.25) is 0 Å². The van der Waals surface area contributed by atoms with Crippen LogP contribution in [0, 0.1) is 0 Å². The molecule has 2 amide bonds. The van der Waals surface area contributed by atoms with Crippen molar-refractivity contribution >= 4 is 11.8 Å². The summed E-state index contributed by atoms with van der Waals surface area (Å²) in [5.74, 6) is -0.468. The Kier molecular flexibility index (Phi) is 5.22. The molecule has 6 nitrogen and oxygen atoms in total. The second kappa shape index (κ2) is 6.75. The molecular formula is C15H27N3O3. The molecule has 0 unspecified atom stereocenters. The fourth-order valence-electron chi connectivity index (χ4n) is 3.83. The maximum Gasteiger partial charge on any atom is 0.237 e. The summed E-state index contributed by atoms with van der Waals surface area (Å²) >= 11 is 0. The molecule has 120 valence electrons. The highest BCUT2D eigenvalue weighted by Gasteiger charge is 2.44. The van der Waals surface area contributed by atoms with Crippen molar-refractivity contribution in [2.24, 2.45) is 5.73 Å². The number of nitrogens with zero attached hydrogens (tertiary/aromatic N) is 2. The number of hydrogen-bond acceptors (Lipinski definition) is 4. The van der Waals surface area contributed by atoms with Gasteiger partial charge in [-0.3, -0.25) is 14.5 Å². The Hall–Kier alpha value is -1.14. The van der Waals surface area contributed by atoms with Crippen LogP contribution >= 0.6 is 0 Å². The lowest BCUT2D eigenvalue weighted by Gasteiger charge is -2.37. The van der Waals surface area contributed by atoms with E-state index in [1.54, 1.807) is 4.90 Å². The van der Waals surface area contributed by atoms with Gasteiger partial charge < -0.3 is 15.7 Å². The first-order chi connectivity index (χ1) is 9.98. The molecule has 1 saturated heterocycles. The van der Waals surface area contributed by atoms with Gasteiger partial charge in [0.2, 0.25) is 11.8 Å². The molecule has 1 heterocycles. The molecule has 2 rings (SSSR count). The Morgan fingerprint density at radius 2 is 2.00 bits per heavy atom. The van der Waals surface area contributed by atoms with Crippen LogP contribution in [0.25, 0.3) is 0 Å². The predicted octanol–water partition coefficient (Wildman–Crippen LogP) is 0.0897. The molecule has 21 heavy (non-hydrogen) atoms. The van der Waals surface area contributed by atoms with Gasteiger partial charge in [-0.15, -0.1) is 0 Å². The zero-order chi connectivity index (χ0) is 15.5. The summed E-state index contributed by atoms with van der Waals surface area (Å²) in [7, 11) is 1.98. The molecule has 1 atom stereocenters. The Bertz CT molecular complexity index is 396. The molecule has 2 fully saturated rings. The normalized spacial score (nSPS) is 26.7. The number of likely N-dealkylation sites (N-methyl/N-ethyl adjacent to an activating group) is 1. The molecule has 0 radical (unpaired) electrons. The lowest BCUT2D eigenvalue weighted by atomic mass is 9.92. The molecule has 0 aromatic rings. The number of likely N-dealkylation sites (tertiary alicyclic amines) is 1. The summed E-state index contributed by atoms with van der Waals surface area (Å²) in [4.78, 5) is 27.7. The molecule has 1 aliphatic carbocycles. The van der Waals surface area contributed by atoms with E-state index in [0.29, 0.717) is 25.6 Å². The van der Waals surface area contributed by atoms with Crippen molar-refractivity contribution in [2.75, 3.05) is 26.7 Å². The first-order valence-electron chi connectivity index (χ1n) is 7.88. The van der Waals surface area contributed by atoms with Crippen molar-refractivity contribution in [3.63, 3.8) is 0 Å². The average Bonchev–Trinajstić information content (AvgIpc) is 3.07. The van der Waals surface area contributed by atoms with Crippen LogP contribution in [-0.4, -0.2) is 65.0 Å². The summed E-state index contributed by atoms with van der Waals surface area (Å²) in [5.41, 5.74) is 4.52. The first-order valence-corrected chi connectivity index (χ1v) is 7.88. The van der Waals surface area contributed by atoms with E-state index in [0.717, 1.165) is 19.3 Å². The third kappa shape index (κ3) is 3.55. The number of aliphatic hydroxyl groups is 1. The van der Waals surface area contributed by atoms with Gasteiger partial charge in [0.15, 0.2) is 0 Å². The Labute approximate surface area is 126 Å². The van der Waals surface area contributed by atoms with Crippen LogP contribution < -0.4 is 5.73 Å². The largest absolute Gasteiger partial charge is 0.394 e. The first kappa shape index (κ1) is 16.2. The summed E-state index contributed by atoms with van der Waals surface area (Å²) in [6.45, 7) is 0.755. The zero-order valence-corrected chi connectivity index (χ0v) is 12.9. The lowest BCUT2D eigenvalue weighted by molar-refractivity contribution is -0.140. The van der Waals surface area contributed by atoms with Gasteiger partial charge in [0, 0.05) is 12.6 Å². The summed E-state index contributed by atoms with van der Waals surface area (Å²) in [6, 6.07) is 0.483. The van der Waals surface area contributed by atoms with E-state index < -0.39 is 11.4 Å². The zero-order valence-electron chi connectivity index (χ0n) is 12.9. The van der Waals surface area contributed by atoms with E-state index in [2.05, 4.69) is 4.90 Å². The molecule has 1 saturated carbocycles. The molecule has 6 heteroatoms. The minimum Gasteiger partial charge on any atom is -0.394 e. The van der Waals surface area contributed by atoms with Gasteiger partial charge in [0.25, 0.3) is 0 Å². The second-order valence-corrected chi connectivity index (χ2v) is 6.53. The third-order valence-corrected chi connectivity index (χ3v) is 5.03. The number of aliphatic hydroxyl groups excluding tert-OH is 1. The number of rotatable bonds is 6. The highest BCUT2D eigenvalue weighted by atomic mass is 16.3.